The van der Waals surface area contributed by atoms with Gasteiger partial charge in [0.2, 0.25) is 0 Å². The van der Waals surface area contributed by atoms with Gasteiger partial charge in [-0.15, -0.1) is 35.1 Å². The van der Waals surface area contributed by atoms with E-state index in [4.69, 9.17) is 15.3 Å². The first-order valence-corrected chi connectivity index (χ1v) is 23.9. The minimum Gasteiger partial charge on any atom is -0.326 e. The standard InChI is InChI=1S/C20H23NO3S2.C9H16N2.C9H8O2S2.CO2.ClH/c1-26(23,24)15-3-2-14-10-19(25-18(14)11-15)17(22)12-16-13-4-8-21(9-5-13)20(16)6-7-20;10-8-7-1-5-11(6-2-7)9(8)3-4-9;1-13(10,11)8-3-2-7-4-5-12-9(7)6-8;2-1-3;/h2-3,10-11,13,16H,4-9,12H2,1H3;7-8H,1-6,10H2;2-6H,1H3;;1H/t16-;8-;;;/m11.../s1. The van der Waals surface area contributed by atoms with Crippen molar-refractivity contribution in [1.29, 1.82) is 0 Å². The van der Waals surface area contributed by atoms with Crippen molar-refractivity contribution in [3.05, 3.63) is 58.8 Å². The fraction of sp³-hybridized carbons (Fsp3) is 0.538. The number of nitrogens with two attached hydrogens (primary N) is 1. The molecule has 2 saturated carbocycles. The van der Waals surface area contributed by atoms with Gasteiger partial charge in [0, 0.05) is 45.5 Å². The second-order valence-corrected chi connectivity index (χ2v) is 21.7. The van der Waals surface area contributed by atoms with Crippen molar-refractivity contribution < 1.29 is 31.2 Å². The molecule has 2 atom stereocenters. The molecular weight excluding hydrogens is 786 g/mol. The number of ketones is 1. The molecule has 0 unspecified atom stereocenters. The van der Waals surface area contributed by atoms with Gasteiger partial charge < -0.3 is 5.73 Å². The summed E-state index contributed by atoms with van der Waals surface area (Å²) in [5.74, 6) is 2.31. The van der Waals surface area contributed by atoms with E-state index >= 15 is 0 Å². The van der Waals surface area contributed by atoms with Crippen LogP contribution in [-0.2, 0) is 29.3 Å². The zero-order valence-electron chi connectivity index (χ0n) is 30.6. The van der Waals surface area contributed by atoms with Gasteiger partial charge >= 0.3 is 6.15 Å². The highest BCUT2D eigenvalue weighted by Gasteiger charge is 2.60. The van der Waals surface area contributed by atoms with E-state index in [1.165, 1.54) is 101 Å². The summed E-state index contributed by atoms with van der Waals surface area (Å²) in [5, 5.41) is 4.01. The molecule has 6 saturated heterocycles. The molecule has 2 N–H and O–H groups in total. The number of thiophene rings is 2. The summed E-state index contributed by atoms with van der Waals surface area (Å²) in [6.45, 7) is 5.09. The minimum absolute atomic E-state index is 0. The minimum atomic E-state index is -3.22. The summed E-state index contributed by atoms with van der Waals surface area (Å²) in [6, 6.07) is 14.8. The van der Waals surface area contributed by atoms with Crippen molar-refractivity contribution in [2.24, 2.45) is 23.5 Å². The zero-order valence-corrected chi connectivity index (χ0v) is 34.7. The quantitative estimate of drug-likeness (QED) is 0.222. The Hall–Kier alpha value is -2.52. The molecule has 0 amide bonds. The predicted octanol–water partition coefficient (Wildman–Crippen LogP) is 6.47. The van der Waals surface area contributed by atoms with Crippen molar-refractivity contribution in [1.82, 2.24) is 9.80 Å². The van der Waals surface area contributed by atoms with Gasteiger partial charge in [-0.05, 0) is 148 Å². The Kier molecular flexibility index (Phi) is 12.0. The first-order valence-electron chi connectivity index (χ1n) is 18.4. The number of piperidine rings is 6. The zero-order chi connectivity index (χ0) is 37.8. The van der Waals surface area contributed by atoms with Crippen molar-refractivity contribution in [3.8, 4) is 0 Å². The molecule has 54 heavy (non-hydrogen) atoms. The van der Waals surface area contributed by atoms with Crippen molar-refractivity contribution >= 4 is 86.9 Å². The lowest BCUT2D eigenvalue weighted by Gasteiger charge is -2.52. The lowest BCUT2D eigenvalue weighted by Crippen LogP contribution is -2.63. The number of sulfone groups is 2. The maximum absolute atomic E-state index is 13.0. The SMILES string of the molecule is CS(=O)(=O)c1ccc2cc(C(=O)C[C@@H]3C4CCN(CC4)C34CC4)sc2c1.CS(=O)(=O)c1ccc2ccsc2c1.Cl.N[C@@H]1C2CCN(CC2)C12CC2.O=C=O. The molecule has 8 heterocycles. The van der Waals surface area contributed by atoms with E-state index in [0.29, 0.717) is 45.2 Å². The van der Waals surface area contributed by atoms with E-state index in [2.05, 4.69) is 9.80 Å². The lowest BCUT2D eigenvalue weighted by atomic mass is 9.70. The highest BCUT2D eigenvalue weighted by atomic mass is 35.5. The van der Waals surface area contributed by atoms with Crippen LogP contribution < -0.4 is 5.73 Å². The molecule has 8 fully saturated rings. The Labute approximate surface area is 331 Å². The monoisotopic (exact) mass is 833 g/mol. The van der Waals surface area contributed by atoms with E-state index < -0.39 is 19.7 Å². The molecule has 4 bridgehead atoms. The number of carbonyl (C=O) groups is 1. The second-order valence-electron chi connectivity index (χ2n) is 15.7. The van der Waals surface area contributed by atoms with Gasteiger partial charge in [-0.25, -0.2) is 16.8 Å². The van der Waals surface area contributed by atoms with Gasteiger partial charge in [-0.3, -0.25) is 14.6 Å². The topological polar surface area (TPSA) is 152 Å². The third-order valence-corrected chi connectivity index (χ3v) is 16.9. The molecule has 4 aromatic rings. The van der Waals surface area contributed by atoms with Crippen LogP contribution in [0.2, 0.25) is 0 Å². The summed E-state index contributed by atoms with van der Waals surface area (Å²) in [7, 11) is -6.29. The normalized spacial score (nSPS) is 27.7. The van der Waals surface area contributed by atoms with Gasteiger partial charge in [0.15, 0.2) is 25.5 Å². The van der Waals surface area contributed by atoms with Gasteiger partial charge in [-0.2, -0.15) is 9.59 Å². The Morgan fingerprint density at radius 2 is 1.26 bits per heavy atom. The van der Waals surface area contributed by atoms with Crippen molar-refractivity contribution in [2.75, 3.05) is 38.7 Å². The number of nitrogens with zero attached hydrogens (tertiary/aromatic N) is 2. The predicted molar refractivity (Wildman–Crippen MR) is 215 cm³/mol. The number of rotatable bonds is 5. The number of fused-ring (bicyclic) bond motifs is 6. The van der Waals surface area contributed by atoms with Crippen LogP contribution in [0.5, 0.6) is 0 Å². The van der Waals surface area contributed by atoms with Gasteiger partial charge in [0.1, 0.15) is 0 Å². The van der Waals surface area contributed by atoms with Crippen molar-refractivity contribution in [2.45, 2.75) is 84.7 Å². The van der Waals surface area contributed by atoms with Crippen LogP contribution in [0, 0.1) is 17.8 Å². The second kappa shape index (κ2) is 15.8. The Bertz CT molecular complexity index is 2250. The highest BCUT2D eigenvalue weighted by Crippen LogP contribution is 2.59. The molecule has 2 spiro atoms. The summed E-state index contributed by atoms with van der Waals surface area (Å²) < 4.78 is 47.8. The molecule has 2 aromatic heterocycles. The number of benzene rings is 2. The van der Waals surface area contributed by atoms with Crippen molar-refractivity contribution in [3.63, 3.8) is 0 Å². The Morgan fingerprint density at radius 1 is 0.759 bits per heavy atom. The van der Waals surface area contributed by atoms with Gasteiger partial charge in [0.25, 0.3) is 0 Å². The largest absolute Gasteiger partial charge is 0.373 e. The smallest absolute Gasteiger partial charge is 0.326 e. The Morgan fingerprint density at radius 3 is 1.76 bits per heavy atom. The van der Waals surface area contributed by atoms with Crippen LogP contribution in [-0.4, -0.2) is 94.4 Å². The highest BCUT2D eigenvalue weighted by molar-refractivity contribution is 7.91. The number of hydrogen-bond acceptors (Lipinski definition) is 12. The molecule has 292 valence electrons. The molecule has 6 aliphatic heterocycles. The first-order chi connectivity index (χ1) is 25.2. The van der Waals surface area contributed by atoms with Crippen LogP contribution in [0.3, 0.4) is 0 Å². The number of halogens is 1. The molecule has 12 rings (SSSR count). The van der Waals surface area contributed by atoms with Crippen LogP contribution in [0.1, 0.15) is 67.5 Å². The van der Waals surface area contributed by atoms with Crippen LogP contribution >= 0.6 is 35.1 Å². The third-order valence-electron chi connectivity index (χ3n) is 12.7. The number of carbonyl (C=O) groups excluding carboxylic acids is 3. The molecule has 10 nitrogen and oxygen atoms in total. The summed E-state index contributed by atoms with van der Waals surface area (Å²) in [5.41, 5.74) is 7.06. The molecule has 8 aliphatic rings. The maximum atomic E-state index is 13.0. The summed E-state index contributed by atoms with van der Waals surface area (Å²) in [4.78, 5) is 36.1. The van der Waals surface area contributed by atoms with Gasteiger partial charge in [-0.1, -0.05) is 12.1 Å². The van der Waals surface area contributed by atoms with Gasteiger partial charge in [0.05, 0.1) is 14.7 Å². The van der Waals surface area contributed by atoms with E-state index in [0.717, 1.165) is 31.0 Å². The number of hydrogen-bond donors (Lipinski definition) is 1. The van der Waals surface area contributed by atoms with Crippen LogP contribution in [0.15, 0.2) is 63.7 Å². The Balaban J connectivity index is 0.000000148. The molecule has 0 radical (unpaired) electrons. The lowest BCUT2D eigenvalue weighted by molar-refractivity contribution is -0.191. The molecule has 2 aliphatic carbocycles. The fourth-order valence-electron chi connectivity index (χ4n) is 9.57. The summed E-state index contributed by atoms with van der Waals surface area (Å²) in [6.07, 6.45) is 13.8. The summed E-state index contributed by atoms with van der Waals surface area (Å²) >= 11 is 2.99. The first kappa shape index (κ1) is 41.1. The third kappa shape index (κ3) is 8.15. The van der Waals surface area contributed by atoms with E-state index in [1.54, 1.807) is 35.6 Å². The molecule has 15 heteroatoms. The average Bonchev–Trinajstić information content (AvgIpc) is 4.00. The molecule has 2 aromatic carbocycles. The fourth-order valence-corrected chi connectivity index (χ4v) is 12.9. The van der Waals surface area contributed by atoms with Crippen LogP contribution in [0.4, 0.5) is 0 Å². The average molecular weight is 835 g/mol. The van der Waals surface area contributed by atoms with Crippen LogP contribution in [0.25, 0.3) is 20.2 Å². The maximum Gasteiger partial charge on any atom is 0.373 e. The van der Waals surface area contributed by atoms with E-state index in [9.17, 15) is 21.6 Å². The molecular formula is C39H48ClN3O7S4. The van der Waals surface area contributed by atoms with E-state index in [1.807, 2.05) is 29.6 Å². The number of Topliss-reactive ketones (excluding diaryl/α,β-unsaturated/α-hetero) is 1. The van der Waals surface area contributed by atoms with E-state index in [-0.39, 0.29) is 24.3 Å².